The number of anilines is 2. The van der Waals surface area contributed by atoms with Crippen LogP contribution in [0.15, 0.2) is 72.9 Å². The molecule has 0 saturated carbocycles. The first-order valence-corrected chi connectivity index (χ1v) is 11.6. The molecule has 1 fully saturated rings. The van der Waals surface area contributed by atoms with Crippen molar-refractivity contribution in [2.45, 2.75) is 0 Å². The summed E-state index contributed by atoms with van der Waals surface area (Å²) in [6.45, 7) is 4.09. The fourth-order valence-corrected chi connectivity index (χ4v) is 4.39. The Morgan fingerprint density at radius 1 is 0.800 bits per heavy atom. The van der Waals surface area contributed by atoms with Gasteiger partial charge in [0.15, 0.2) is 0 Å². The molecule has 35 heavy (non-hydrogen) atoms. The maximum absolute atomic E-state index is 12.7. The maximum Gasteiger partial charge on any atom is 0.260 e. The van der Waals surface area contributed by atoms with E-state index < -0.39 is 11.8 Å². The molecule has 176 valence electrons. The minimum absolute atomic E-state index is 0.383. The maximum atomic E-state index is 12.7. The molecule has 3 aromatic carbocycles. The summed E-state index contributed by atoms with van der Waals surface area (Å²) in [5, 5.41) is 5.63. The van der Waals surface area contributed by atoms with Crippen LogP contribution < -0.4 is 15.5 Å². The van der Waals surface area contributed by atoms with Gasteiger partial charge in [-0.25, -0.2) is 0 Å². The molecule has 0 bridgehead atoms. The number of imide groups is 1. The first-order chi connectivity index (χ1) is 17.0. The van der Waals surface area contributed by atoms with Crippen molar-refractivity contribution in [3.63, 3.8) is 0 Å². The molecule has 0 aromatic heterocycles. The van der Waals surface area contributed by atoms with E-state index in [-0.39, 0.29) is 0 Å². The Balaban J connectivity index is 1.40. The van der Waals surface area contributed by atoms with Crippen LogP contribution in [0.1, 0.15) is 26.3 Å². The van der Waals surface area contributed by atoms with Crippen LogP contribution in [-0.2, 0) is 4.79 Å². The number of amides is 2. The van der Waals surface area contributed by atoms with Crippen LogP contribution in [0.2, 0.25) is 0 Å². The van der Waals surface area contributed by atoms with Gasteiger partial charge in [0.05, 0.1) is 5.57 Å². The normalized spacial score (nSPS) is 17.2. The molecule has 3 aromatic rings. The number of carbonyl (C=O) groups is 3. The van der Waals surface area contributed by atoms with Crippen LogP contribution in [0.5, 0.6) is 0 Å². The summed E-state index contributed by atoms with van der Waals surface area (Å²) in [7, 11) is 2.14. The fraction of sp³-hybridized carbons (Fsp3) is 0.179. The zero-order valence-corrected chi connectivity index (χ0v) is 19.5. The third kappa shape index (κ3) is 4.72. The minimum atomic E-state index is -0.447. The van der Waals surface area contributed by atoms with E-state index in [1.807, 2.05) is 36.4 Å². The third-order valence-electron chi connectivity index (χ3n) is 6.53. The van der Waals surface area contributed by atoms with Crippen molar-refractivity contribution < 1.29 is 14.4 Å². The zero-order valence-electron chi connectivity index (χ0n) is 19.5. The van der Waals surface area contributed by atoms with Gasteiger partial charge >= 0.3 is 0 Å². The Morgan fingerprint density at radius 3 is 2.17 bits per heavy atom. The van der Waals surface area contributed by atoms with Gasteiger partial charge in [-0.05, 0) is 54.6 Å². The number of likely N-dealkylation sites (N-methyl/N-ethyl adjacent to an activating group) is 1. The van der Waals surface area contributed by atoms with E-state index in [2.05, 4.69) is 39.6 Å². The van der Waals surface area contributed by atoms with Gasteiger partial charge in [-0.2, -0.15) is 0 Å². The van der Waals surface area contributed by atoms with Crippen LogP contribution >= 0.6 is 0 Å². The van der Waals surface area contributed by atoms with Gasteiger partial charge in [0.2, 0.25) is 0 Å². The number of nitrogens with zero attached hydrogens (tertiary/aromatic N) is 2. The van der Waals surface area contributed by atoms with Gasteiger partial charge in [-0.3, -0.25) is 19.7 Å². The van der Waals surface area contributed by atoms with Crippen LogP contribution in [-0.4, -0.2) is 56.2 Å². The van der Waals surface area contributed by atoms with E-state index in [1.54, 1.807) is 24.4 Å². The molecule has 0 unspecified atom stereocenters. The second kappa shape index (κ2) is 9.56. The van der Waals surface area contributed by atoms with Crippen LogP contribution in [0, 0.1) is 0 Å². The summed E-state index contributed by atoms with van der Waals surface area (Å²) in [6.07, 6.45) is 2.44. The Morgan fingerprint density at radius 2 is 1.49 bits per heavy atom. The topological polar surface area (TPSA) is 81.8 Å². The van der Waals surface area contributed by atoms with Crippen molar-refractivity contribution in [1.82, 2.24) is 10.2 Å². The molecule has 0 spiro atoms. The molecule has 7 nitrogen and oxygen atoms in total. The molecule has 0 atom stereocenters. The molecule has 1 saturated heterocycles. The van der Waals surface area contributed by atoms with Gasteiger partial charge in [0, 0.05) is 60.4 Å². The highest BCUT2D eigenvalue weighted by Crippen LogP contribution is 2.30. The standard InChI is InChI=1S/C28H26N4O3/c1-31-12-14-32(15-13-31)23-9-7-22(8-10-23)29-17-26-25-16-21(20-4-2-19(18-33)3-5-20)6-11-24(25)27(34)30-28(26)35/h2-11,16-18,29H,12-15H2,1H3,(H,30,34,35)/b26-17-. The second-order valence-corrected chi connectivity index (χ2v) is 8.82. The fourth-order valence-electron chi connectivity index (χ4n) is 4.39. The zero-order chi connectivity index (χ0) is 24.4. The van der Waals surface area contributed by atoms with Crippen molar-refractivity contribution >= 4 is 35.0 Å². The summed E-state index contributed by atoms with van der Waals surface area (Å²) >= 11 is 0. The number of rotatable bonds is 5. The van der Waals surface area contributed by atoms with E-state index >= 15 is 0 Å². The van der Waals surface area contributed by atoms with Crippen molar-refractivity contribution in [2.75, 3.05) is 43.4 Å². The summed E-state index contributed by atoms with van der Waals surface area (Å²) in [6, 6.07) is 20.7. The highest BCUT2D eigenvalue weighted by Gasteiger charge is 2.27. The highest BCUT2D eigenvalue weighted by atomic mass is 16.2. The molecule has 2 N–H and O–H groups in total. The number of carbonyl (C=O) groups excluding carboxylic acids is 3. The largest absolute Gasteiger partial charge is 0.369 e. The van der Waals surface area contributed by atoms with E-state index in [9.17, 15) is 14.4 Å². The number of hydrogen-bond acceptors (Lipinski definition) is 6. The Hall–Kier alpha value is -4.23. The van der Waals surface area contributed by atoms with Crippen molar-refractivity contribution in [2.24, 2.45) is 0 Å². The quantitative estimate of drug-likeness (QED) is 0.340. The number of hydrogen-bond donors (Lipinski definition) is 2. The first kappa shape index (κ1) is 22.6. The number of aldehydes is 1. The van der Waals surface area contributed by atoms with Crippen molar-refractivity contribution in [3.05, 3.63) is 89.6 Å². The number of benzene rings is 3. The average Bonchev–Trinajstić information content (AvgIpc) is 2.89. The molecule has 2 amide bonds. The summed E-state index contributed by atoms with van der Waals surface area (Å²) in [5.41, 5.74) is 5.75. The van der Waals surface area contributed by atoms with Gasteiger partial charge in [-0.15, -0.1) is 0 Å². The molecule has 2 aliphatic rings. The molecular weight excluding hydrogens is 440 g/mol. The SMILES string of the molecule is CN1CCN(c2ccc(N/C=C3\C(=O)NC(=O)c4ccc(-c5ccc(C=O)cc5)cc43)cc2)CC1. The smallest absolute Gasteiger partial charge is 0.260 e. The minimum Gasteiger partial charge on any atom is -0.369 e. The Labute approximate surface area is 204 Å². The van der Waals surface area contributed by atoms with Gasteiger partial charge in [-0.1, -0.05) is 30.3 Å². The molecule has 5 rings (SSSR count). The van der Waals surface area contributed by atoms with E-state index in [4.69, 9.17) is 0 Å². The lowest BCUT2D eigenvalue weighted by Gasteiger charge is -2.34. The van der Waals surface area contributed by atoms with Gasteiger partial charge in [0.1, 0.15) is 6.29 Å². The lowest BCUT2D eigenvalue weighted by molar-refractivity contribution is -0.114. The lowest BCUT2D eigenvalue weighted by atomic mass is 9.91. The molecule has 0 radical (unpaired) electrons. The van der Waals surface area contributed by atoms with Crippen LogP contribution in [0.3, 0.4) is 0 Å². The molecule has 0 aliphatic carbocycles. The highest BCUT2D eigenvalue weighted by molar-refractivity contribution is 6.31. The number of fused-ring (bicyclic) bond motifs is 1. The van der Waals surface area contributed by atoms with Crippen LogP contribution in [0.25, 0.3) is 16.7 Å². The average molecular weight is 467 g/mol. The molecular formula is C28H26N4O3. The lowest BCUT2D eigenvalue weighted by Crippen LogP contribution is -2.44. The van der Waals surface area contributed by atoms with Gasteiger partial charge < -0.3 is 15.1 Å². The third-order valence-corrected chi connectivity index (χ3v) is 6.53. The summed E-state index contributed by atoms with van der Waals surface area (Å²) in [5.74, 6) is -0.862. The number of nitrogens with one attached hydrogen (secondary N) is 2. The van der Waals surface area contributed by atoms with E-state index in [0.717, 1.165) is 49.3 Å². The predicted molar refractivity (Wildman–Crippen MR) is 137 cm³/mol. The first-order valence-electron chi connectivity index (χ1n) is 11.6. The van der Waals surface area contributed by atoms with Crippen LogP contribution in [0.4, 0.5) is 11.4 Å². The molecule has 2 aliphatic heterocycles. The predicted octanol–water partition coefficient (Wildman–Crippen LogP) is 3.64. The van der Waals surface area contributed by atoms with E-state index in [1.165, 1.54) is 5.69 Å². The van der Waals surface area contributed by atoms with E-state index in [0.29, 0.717) is 22.3 Å². The number of piperazine rings is 1. The van der Waals surface area contributed by atoms with Crippen molar-refractivity contribution in [1.29, 1.82) is 0 Å². The second-order valence-electron chi connectivity index (χ2n) is 8.82. The molecule has 2 heterocycles. The summed E-state index contributed by atoms with van der Waals surface area (Å²) in [4.78, 5) is 40.8. The van der Waals surface area contributed by atoms with Gasteiger partial charge in [0.25, 0.3) is 11.8 Å². The molecule has 7 heteroatoms. The summed E-state index contributed by atoms with van der Waals surface area (Å²) < 4.78 is 0. The Bertz CT molecular complexity index is 1310. The Kier molecular flexibility index (Phi) is 6.16. The monoisotopic (exact) mass is 466 g/mol. The van der Waals surface area contributed by atoms with Crippen molar-refractivity contribution in [3.8, 4) is 11.1 Å².